The van der Waals surface area contributed by atoms with Gasteiger partial charge in [0.2, 0.25) is 0 Å². The van der Waals surface area contributed by atoms with E-state index in [1.165, 1.54) is 18.4 Å². The van der Waals surface area contributed by atoms with Crippen molar-refractivity contribution in [3.8, 4) is 0 Å². The zero-order valence-electron chi connectivity index (χ0n) is 12.7. The molecule has 2 aromatic rings. The first-order chi connectivity index (χ1) is 10.2. The van der Waals surface area contributed by atoms with E-state index >= 15 is 0 Å². The number of nitrogens with one attached hydrogen (secondary N) is 1. The van der Waals surface area contributed by atoms with Gasteiger partial charge in [0.15, 0.2) is 5.65 Å². The fourth-order valence-corrected chi connectivity index (χ4v) is 3.00. The lowest BCUT2D eigenvalue weighted by Crippen LogP contribution is -2.15. The smallest absolute Gasteiger partial charge is 0.157 e. The molecule has 1 N–H and O–H groups in total. The Bertz CT molecular complexity index is 668. The van der Waals surface area contributed by atoms with E-state index in [9.17, 15) is 0 Å². The Morgan fingerprint density at radius 2 is 1.95 bits per heavy atom. The molecule has 2 fully saturated rings. The lowest BCUT2D eigenvalue weighted by molar-refractivity contribution is 0.0844. The third-order valence-electron chi connectivity index (χ3n) is 4.66. The molecule has 3 heterocycles. The van der Waals surface area contributed by atoms with Crippen LogP contribution in [0.15, 0.2) is 6.07 Å². The van der Waals surface area contributed by atoms with Crippen LogP contribution in [0.2, 0.25) is 0 Å². The SMILES string of the molecule is Cc1nc2cc(C3CCOCC3)nn2c(NC2CC2)c1C. The van der Waals surface area contributed by atoms with Gasteiger partial charge in [-0.2, -0.15) is 9.61 Å². The van der Waals surface area contributed by atoms with Crippen molar-refractivity contribution in [2.75, 3.05) is 18.5 Å². The molecule has 5 nitrogen and oxygen atoms in total. The minimum atomic E-state index is 0.509. The van der Waals surface area contributed by atoms with Gasteiger partial charge < -0.3 is 10.1 Å². The van der Waals surface area contributed by atoms with Gasteiger partial charge in [0, 0.05) is 42.5 Å². The van der Waals surface area contributed by atoms with Crippen molar-refractivity contribution < 1.29 is 4.74 Å². The Hall–Kier alpha value is -1.62. The Kier molecular flexibility index (Phi) is 3.10. The molecule has 0 radical (unpaired) electrons. The van der Waals surface area contributed by atoms with Crippen LogP contribution in [0.4, 0.5) is 5.82 Å². The molecule has 0 amide bonds. The van der Waals surface area contributed by atoms with Crippen molar-refractivity contribution in [1.82, 2.24) is 14.6 Å². The first-order valence-electron chi connectivity index (χ1n) is 7.93. The number of fused-ring (bicyclic) bond motifs is 1. The maximum absolute atomic E-state index is 5.46. The van der Waals surface area contributed by atoms with Gasteiger partial charge in [0.1, 0.15) is 5.82 Å². The van der Waals surface area contributed by atoms with Crippen LogP contribution in [-0.2, 0) is 4.74 Å². The quantitative estimate of drug-likeness (QED) is 0.942. The number of nitrogens with zero attached hydrogens (tertiary/aromatic N) is 3. The van der Waals surface area contributed by atoms with Crippen molar-refractivity contribution in [3.05, 3.63) is 23.0 Å². The standard InChI is InChI=1S/C16H22N4O/c1-10-11(2)17-15-9-14(12-5-7-21-8-6-12)19-20(15)16(10)18-13-3-4-13/h9,12-13,18H,3-8H2,1-2H3. The van der Waals surface area contributed by atoms with Crippen molar-refractivity contribution in [2.24, 2.45) is 0 Å². The lowest BCUT2D eigenvalue weighted by Gasteiger charge is -2.19. The normalized spacial score (nSPS) is 20.1. The summed E-state index contributed by atoms with van der Waals surface area (Å²) in [7, 11) is 0. The maximum Gasteiger partial charge on any atom is 0.157 e. The highest BCUT2D eigenvalue weighted by atomic mass is 16.5. The molecule has 1 saturated carbocycles. The van der Waals surface area contributed by atoms with Gasteiger partial charge in [-0.05, 0) is 39.5 Å². The van der Waals surface area contributed by atoms with Crippen LogP contribution in [0.5, 0.6) is 0 Å². The minimum Gasteiger partial charge on any atom is -0.381 e. The van der Waals surface area contributed by atoms with Gasteiger partial charge in [-0.3, -0.25) is 0 Å². The molecule has 5 heteroatoms. The molecule has 2 aromatic heterocycles. The van der Waals surface area contributed by atoms with E-state index in [2.05, 4.69) is 25.2 Å². The topological polar surface area (TPSA) is 51.5 Å². The Labute approximate surface area is 124 Å². The van der Waals surface area contributed by atoms with Gasteiger partial charge in [-0.15, -0.1) is 0 Å². The summed E-state index contributed by atoms with van der Waals surface area (Å²) in [5.74, 6) is 1.63. The van der Waals surface area contributed by atoms with Crippen molar-refractivity contribution in [2.45, 2.75) is 51.5 Å². The summed E-state index contributed by atoms with van der Waals surface area (Å²) < 4.78 is 7.46. The van der Waals surface area contributed by atoms with Gasteiger partial charge in [-0.25, -0.2) is 4.98 Å². The molecular formula is C16H22N4O. The fourth-order valence-electron chi connectivity index (χ4n) is 3.00. The summed E-state index contributed by atoms with van der Waals surface area (Å²) in [5.41, 5.74) is 4.41. The maximum atomic E-state index is 5.46. The number of aryl methyl sites for hydroxylation is 1. The predicted molar refractivity (Wildman–Crippen MR) is 81.9 cm³/mol. The van der Waals surface area contributed by atoms with Crippen molar-refractivity contribution in [1.29, 1.82) is 0 Å². The van der Waals surface area contributed by atoms with Crippen LogP contribution in [0.3, 0.4) is 0 Å². The van der Waals surface area contributed by atoms with Crippen LogP contribution in [0.25, 0.3) is 5.65 Å². The molecule has 0 atom stereocenters. The van der Waals surface area contributed by atoms with E-state index in [0.29, 0.717) is 12.0 Å². The van der Waals surface area contributed by atoms with Gasteiger partial charge >= 0.3 is 0 Å². The van der Waals surface area contributed by atoms with Crippen LogP contribution in [0.1, 0.15) is 48.6 Å². The van der Waals surface area contributed by atoms with Crippen LogP contribution >= 0.6 is 0 Å². The number of aromatic nitrogens is 3. The number of hydrogen-bond donors (Lipinski definition) is 1. The number of rotatable bonds is 3. The molecule has 2 aliphatic rings. The first-order valence-corrected chi connectivity index (χ1v) is 7.93. The average Bonchev–Trinajstić information content (AvgIpc) is 3.23. The highest BCUT2D eigenvalue weighted by Gasteiger charge is 2.25. The molecule has 0 unspecified atom stereocenters. The molecule has 0 bridgehead atoms. The summed E-state index contributed by atoms with van der Waals surface area (Å²) in [4.78, 5) is 4.71. The van der Waals surface area contributed by atoms with Crippen molar-refractivity contribution >= 4 is 11.5 Å². The highest BCUT2D eigenvalue weighted by Crippen LogP contribution is 2.31. The highest BCUT2D eigenvalue weighted by molar-refractivity contribution is 5.56. The Balaban J connectivity index is 1.77. The Morgan fingerprint density at radius 1 is 1.19 bits per heavy atom. The first kappa shape index (κ1) is 13.1. The van der Waals surface area contributed by atoms with Crippen LogP contribution < -0.4 is 5.32 Å². The molecular weight excluding hydrogens is 264 g/mol. The molecule has 1 aliphatic carbocycles. The number of ether oxygens (including phenoxy) is 1. The summed E-state index contributed by atoms with van der Waals surface area (Å²) in [5, 5.41) is 8.48. The monoisotopic (exact) mass is 286 g/mol. The van der Waals surface area contributed by atoms with Gasteiger partial charge in [-0.1, -0.05) is 0 Å². The molecule has 0 aromatic carbocycles. The molecule has 21 heavy (non-hydrogen) atoms. The molecule has 0 spiro atoms. The van der Waals surface area contributed by atoms with Gasteiger partial charge in [0.25, 0.3) is 0 Å². The average molecular weight is 286 g/mol. The van der Waals surface area contributed by atoms with E-state index in [4.69, 9.17) is 14.8 Å². The third kappa shape index (κ3) is 2.39. The van der Waals surface area contributed by atoms with E-state index < -0.39 is 0 Å². The van der Waals surface area contributed by atoms with E-state index in [0.717, 1.165) is 48.9 Å². The number of anilines is 1. The molecule has 1 saturated heterocycles. The van der Waals surface area contributed by atoms with Gasteiger partial charge in [0.05, 0.1) is 5.69 Å². The largest absolute Gasteiger partial charge is 0.381 e. The second-order valence-corrected chi connectivity index (χ2v) is 6.32. The fraction of sp³-hybridized carbons (Fsp3) is 0.625. The van der Waals surface area contributed by atoms with Crippen LogP contribution in [-0.4, -0.2) is 33.9 Å². The zero-order valence-corrected chi connectivity index (χ0v) is 12.7. The molecule has 112 valence electrons. The van der Waals surface area contributed by atoms with Crippen molar-refractivity contribution in [3.63, 3.8) is 0 Å². The molecule has 4 rings (SSSR count). The molecule has 1 aliphatic heterocycles. The lowest BCUT2D eigenvalue weighted by atomic mass is 9.97. The second kappa shape index (κ2) is 4.98. The van der Waals surface area contributed by atoms with E-state index in [-0.39, 0.29) is 0 Å². The summed E-state index contributed by atoms with van der Waals surface area (Å²) in [6.07, 6.45) is 4.65. The van der Waals surface area contributed by atoms with Crippen LogP contribution in [0, 0.1) is 13.8 Å². The second-order valence-electron chi connectivity index (χ2n) is 6.32. The predicted octanol–water partition coefficient (Wildman–Crippen LogP) is 2.81. The Morgan fingerprint density at radius 3 is 2.67 bits per heavy atom. The van der Waals surface area contributed by atoms with E-state index in [1.54, 1.807) is 0 Å². The summed E-state index contributed by atoms with van der Waals surface area (Å²) in [6.45, 7) is 5.89. The zero-order chi connectivity index (χ0) is 14.4. The van der Waals surface area contributed by atoms with E-state index in [1.807, 2.05) is 4.52 Å². The third-order valence-corrected chi connectivity index (χ3v) is 4.66. The summed E-state index contributed by atoms with van der Waals surface area (Å²) >= 11 is 0. The summed E-state index contributed by atoms with van der Waals surface area (Å²) in [6, 6.07) is 2.77. The minimum absolute atomic E-state index is 0.509. The number of hydrogen-bond acceptors (Lipinski definition) is 4.